The predicted molar refractivity (Wildman–Crippen MR) is 119 cm³/mol. The molecule has 0 rings (SSSR count). The summed E-state index contributed by atoms with van der Waals surface area (Å²) in [4.78, 5) is 1.98. The molecule has 0 aromatic rings. The van der Waals surface area contributed by atoms with Gasteiger partial charge in [-0.25, -0.2) is 0 Å². The van der Waals surface area contributed by atoms with E-state index in [1.165, 1.54) is 83.5 Å². The van der Waals surface area contributed by atoms with Crippen LogP contribution in [-0.4, -0.2) is 73.3 Å². The fraction of sp³-hybridized carbons (Fsp3) is 1.00. The summed E-state index contributed by atoms with van der Waals surface area (Å²) in [6.07, 6.45) is 18.9. The molecule has 0 aromatic carbocycles. The SMILES string of the molecule is CC(C)CCCCCCCCCCCCCCCN(C)CCS(=O)(=O)O.[Na]. The van der Waals surface area contributed by atoms with Crippen LogP contribution in [0.1, 0.15) is 104 Å². The molecule has 0 aromatic heterocycles. The van der Waals surface area contributed by atoms with E-state index in [4.69, 9.17) is 4.55 Å². The standard InChI is InChI=1S/C21H45NO3S.Na/c1-21(2)17-15-13-11-9-7-5-4-6-8-10-12-14-16-18-22(3)19-20-26(23,24)25;/h21H,4-20H2,1-3H3,(H,23,24,25);. The van der Waals surface area contributed by atoms with E-state index in [1.54, 1.807) is 0 Å². The Hall–Kier alpha value is 0.870. The Morgan fingerprint density at radius 1 is 0.704 bits per heavy atom. The summed E-state index contributed by atoms with van der Waals surface area (Å²) in [7, 11) is -1.91. The second kappa shape index (κ2) is 20.2. The van der Waals surface area contributed by atoms with Gasteiger partial charge in [0.25, 0.3) is 10.1 Å². The minimum atomic E-state index is -3.82. The van der Waals surface area contributed by atoms with Gasteiger partial charge >= 0.3 is 0 Å². The maximum absolute atomic E-state index is 10.7. The minimum absolute atomic E-state index is 0. The van der Waals surface area contributed by atoms with E-state index >= 15 is 0 Å². The zero-order chi connectivity index (χ0) is 19.7. The van der Waals surface area contributed by atoms with Crippen molar-refractivity contribution in [3.63, 3.8) is 0 Å². The zero-order valence-corrected chi connectivity index (χ0v) is 21.5. The molecule has 159 valence electrons. The van der Waals surface area contributed by atoms with Crippen LogP contribution in [0.3, 0.4) is 0 Å². The van der Waals surface area contributed by atoms with Gasteiger partial charge in [-0.2, -0.15) is 8.42 Å². The fourth-order valence-corrected chi connectivity index (χ4v) is 3.80. The van der Waals surface area contributed by atoms with Gasteiger partial charge in [0.15, 0.2) is 0 Å². The fourth-order valence-electron chi connectivity index (χ4n) is 3.26. The normalized spacial score (nSPS) is 11.9. The van der Waals surface area contributed by atoms with Crippen molar-refractivity contribution in [2.75, 3.05) is 25.9 Å². The van der Waals surface area contributed by atoms with E-state index in [9.17, 15) is 8.42 Å². The molecule has 0 unspecified atom stereocenters. The summed E-state index contributed by atoms with van der Waals surface area (Å²) < 4.78 is 30.1. The van der Waals surface area contributed by atoms with Crippen molar-refractivity contribution < 1.29 is 13.0 Å². The molecule has 1 N–H and O–H groups in total. The van der Waals surface area contributed by atoms with E-state index in [2.05, 4.69) is 13.8 Å². The quantitative estimate of drug-likeness (QED) is 0.171. The Morgan fingerprint density at radius 3 is 1.44 bits per heavy atom. The molecule has 0 heterocycles. The van der Waals surface area contributed by atoms with E-state index in [0.29, 0.717) is 6.54 Å². The van der Waals surface area contributed by atoms with E-state index in [0.717, 1.165) is 18.9 Å². The van der Waals surface area contributed by atoms with Gasteiger partial charge in [-0.1, -0.05) is 97.3 Å². The zero-order valence-electron chi connectivity index (χ0n) is 18.7. The van der Waals surface area contributed by atoms with Crippen LogP contribution in [0.5, 0.6) is 0 Å². The van der Waals surface area contributed by atoms with Gasteiger partial charge in [0, 0.05) is 36.1 Å². The number of unbranched alkanes of at least 4 members (excludes halogenated alkanes) is 12. The molecule has 0 amide bonds. The van der Waals surface area contributed by atoms with Crippen LogP contribution in [0.4, 0.5) is 0 Å². The number of nitrogens with zero attached hydrogens (tertiary/aromatic N) is 1. The first kappa shape index (κ1) is 30.1. The number of hydrogen-bond acceptors (Lipinski definition) is 3. The average Bonchev–Trinajstić information content (AvgIpc) is 2.55. The Morgan fingerprint density at radius 2 is 1.07 bits per heavy atom. The van der Waals surface area contributed by atoms with Crippen LogP contribution in [-0.2, 0) is 10.1 Å². The van der Waals surface area contributed by atoms with Crippen LogP contribution in [0.2, 0.25) is 0 Å². The summed E-state index contributed by atoms with van der Waals surface area (Å²) in [6.45, 7) is 5.95. The van der Waals surface area contributed by atoms with Crippen molar-refractivity contribution in [1.29, 1.82) is 0 Å². The maximum Gasteiger partial charge on any atom is 0.266 e. The summed E-state index contributed by atoms with van der Waals surface area (Å²) in [5.41, 5.74) is 0. The van der Waals surface area contributed by atoms with Gasteiger partial charge in [0.1, 0.15) is 0 Å². The Balaban J connectivity index is 0. The molecule has 6 heteroatoms. The summed E-state index contributed by atoms with van der Waals surface area (Å²) in [5.74, 6) is 0.697. The predicted octanol–water partition coefficient (Wildman–Crippen LogP) is 5.54. The molecule has 0 bridgehead atoms. The van der Waals surface area contributed by atoms with Crippen LogP contribution in [0, 0.1) is 5.92 Å². The van der Waals surface area contributed by atoms with Crippen molar-refractivity contribution in [3.05, 3.63) is 0 Å². The molecule has 1 radical (unpaired) electrons. The van der Waals surface area contributed by atoms with Crippen molar-refractivity contribution in [2.45, 2.75) is 104 Å². The van der Waals surface area contributed by atoms with Crippen LogP contribution < -0.4 is 0 Å². The third kappa shape index (κ3) is 26.9. The molecular formula is C21H45NNaO3S. The first-order valence-electron chi connectivity index (χ1n) is 10.9. The first-order chi connectivity index (χ1) is 12.3. The monoisotopic (exact) mass is 414 g/mol. The second-order valence-electron chi connectivity index (χ2n) is 8.37. The number of rotatable bonds is 19. The molecule has 0 aliphatic carbocycles. The summed E-state index contributed by atoms with van der Waals surface area (Å²) in [6, 6.07) is 0. The van der Waals surface area contributed by atoms with Gasteiger partial charge in [-0.15, -0.1) is 0 Å². The Kier molecular flexibility index (Phi) is 22.4. The van der Waals surface area contributed by atoms with Gasteiger partial charge in [-0.05, 0) is 25.9 Å². The molecule has 0 saturated carbocycles. The molecular weight excluding hydrogens is 369 g/mol. The molecule has 0 saturated heterocycles. The molecule has 4 nitrogen and oxygen atoms in total. The van der Waals surface area contributed by atoms with Crippen molar-refractivity contribution >= 4 is 39.7 Å². The Bertz CT molecular complexity index is 402. The van der Waals surface area contributed by atoms with E-state index in [-0.39, 0.29) is 35.3 Å². The molecule has 0 atom stereocenters. The molecule has 0 fully saturated rings. The van der Waals surface area contributed by atoms with Gasteiger partial charge in [0.05, 0.1) is 5.75 Å². The summed E-state index contributed by atoms with van der Waals surface area (Å²) >= 11 is 0. The maximum atomic E-state index is 10.7. The van der Waals surface area contributed by atoms with Crippen LogP contribution in [0.25, 0.3) is 0 Å². The first-order valence-corrected chi connectivity index (χ1v) is 12.6. The van der Waals surface area contributed by atoms with Crippen LogP contribution >= 0.6 is 0 Å². The number of hydrogen-bond donors (Lipinski definition) is 1. The van der Waals surface area contributed by atoms with Crippen molar-refractivity contribution in [1.82, 2.24) is 4.90 Å². The van der Waals surface area contributed by atoms with Gasteiger partial charge in [0.2, 0.25) is 0 Å². The Labute approximate surface area is 192 Å². The molecule has 0 aliphatic rings. The summed E-state index contributed by atoms with van der Waals surface area (Å²) in [5, 5.41) is 0. The largest absolute Gasteiger partial charge is 0.305 e. The second-order valence-corrected chi connectivity index (χ2v) is 9.94. The van der Waals surface area contributed by atoms with Crippen molar-refractivity contribution in [2.24, 2.45) is 5.92 Å². The van der Waals surface area contributed by atoms with Gasteiger partial charge in [-0.3, -0.25) is 4.55 Å². The smallest absolute Gasteiger partial charge is 0.266 e. The van der Waals surface area contributed by atoms with E-state index in [1.807, 2.05) is 11.9 Å². The molecule has 0 spiro atoms. The van der Waals surface area contributed by atoms with Crippen LogP contribution in [0.15, 0.2) is 0 Å². The third-order valence-electron chi connectivity index (χ3n) is 5.05. The molecule has 27 heavy (non-hydrogen) atoms. The van der Waals surface area contributed by atoms with Crippen molar-refractivity contribution in [3.8, 4) is 0 Å². The topological polar surface area (TPSA) is 57.6 Å². The minimum Gasteiger partial charge on any atom is -0.305 e. The third-order valence-corrected chi connectivity index (χ3v) is 5.75. The van der Waals surface area contributed by atoms with Gasteiger partial charge < -0.3 is 4.90 Å². The molecule has 0 aliphatic heterocycles. The van der Waals surface area contributed by atoms with E-state index < -0.39 is 10.1 Å². The average molecular weight is 415 g/mol.